The predicted molar refractivity (Wildman–Crippen MR) is 99.6 cm³/mol. The molecule has 2 aromatic rings. The first-order valence-electron chi connectivity index (χ1n) is 8.99. The van der Waals surface area contributed by atoms with Crippen molar-refractivity contribution in [2.75, 3.05) is 13.1 Å². The molecule has 1 aliphatic carbocycles. The molecule has 132 valence electrons. The van der Waals surface area contributed by atoms with Gasteiger partial charge in [0.1, 0.15) is 0 Å². The summed E-state index contributed by atoms with van der Waals surface area (Å²) in [5, 5.41) is 16.4. The minimum absolute atomic E-state index is 0.208. The highest BCUT2D eigenvalue weighted by Crippen LogP contribution is 2.28. The van der Waals surface area contributed by atoms with E-state index in [1.807, 2.05) is 30.3 Å². The summed E-state index contributed by atoms with van der Waals surface area (Å²) < 4.78 is 0. The molecule has 3 rings (SSSR count). The van der Waals surface area contributed by atoms with Gasteiger partial charge in [-0.3, -0.25) is 0 Å². The summed E-state index contributed by atoms with van der Waals surface area (Å²) >= 11 is 0. The first-order valence-corrected chi connectivity index (χ1v) is 8.99. The number of aliphatic hydroxyl groups is 1. The number of carbonyl (C=O) groups excluding carboxylic acids is 1. The lowest BCUT2D eigenvalue weighted by atomic mass is 9.80. The SMILES string of the molecule is O=C(NCCCc1ccccc1)NCC1(O)CCc2ccccc2C1. The van der Waals surface area contributed by atoms with Crippen molar-refractivity contribution in [1.82, 2.24) is 10.6 Å². The molecule has 0 fully saturated rings. The maximum absolute atomic E-state index is 12.0. The molecule has 0 saturated heterocycles. The number of urea groups is 1. The van der Waals surface area contributed by atoms with Crippen LogP contribution in [-0.4, -0.2) is 29.8 Å². The Morgan fingerprint density at radius 3 is 2.52 bits per heavy atom. The van der Waals surface area contributed by atoms with Gasteiger partial charge in [-0.1, -0.05) is 54.6 Å². The number of benzene rings is 2. The molecule has 0 saturated carbocycles. The van der Waals surface area contributed by atoms with Crippen molar-refractivity contribution in [2.24, 2.45) is 0 Å². The minimum Gasteiger partial charge on any atom is -0.388 e. The minimum atomic E-state index is -0.851. The summed E-state index contributed by atoms with van der Waals surface area (Å²) in [5.74, 6) is 0. The molecule has 0 bridgehead atoms. The quantitative estimate of drug-likeness (QED) is 0.709. The normalized spacial score (nSPS) is 19.1. The number of hydrogen-bond acceptors (Lipinski definition) is 2. The molecule has 1 unspecified atom stereocenters. The van der Waals surface area contributed by atoms with E-state index in [-0.39, 0.29) is 12.6 Å². The lowest BCUT2D eigenvalue weighted by molar-refractivity contribution is 0.0291. The summed E-state index contributed by atoms with van der Waals surface area (Å²) in [5.41, 5.74) is 2.91. The molecule has 1 aliphatic rings. The van der Waals surface area contributed by atoms with Gasteiger partial charge in [0.25, 0.3) is 0 Å². The monoisotopic (exact) mass is 338 g/mol. The smallest absolute Gasteiger partial charge is 0.314 e. The fourth-order valence-electron chi connectivity index (χ4n) is 3.38. The maximum Gasteiger partial charge on any atom is 0.314 e. The van der Waals surface area contributed by atoms with Gasteiger partial charge in [0, 0.05) is 19.5 Å². The second-order valence-electron chi connectivity index (χ2n) is 6.87. The van der Waals surface area contributed by atoms with Crippen LogP contribution in [-0.2, 0) is 19.3 Å². The van der Waals surface area contributed by atoms with Crippen LogP contribution in [0.4, 0.5) is 4.79 Å². The van der Waals surface area contributed by atoms with Crippen LogP contribution < -0.4 is 10.6 Å². The number of hydrogen-bond donors (Lipinski definition) is 3. The standard InChI is InChI=1S/C21H26N2O2/c24-20(22-14-6-9-17-7-2-1-3-8-17)23-16-21(25)13-12-18-10-4-5-11-19(18)15-21/h1-5,7-8,10-11,25H,6,9,12-16H2,(H2,22,23,24). The zero-order chi connectivity index (χ0) is 17.5. The van der Waals surface area contributed by atoms with E-state index in [9.17, 15) is 9.90 Å². The second kappa shape index (κ2) is 8.17. The Morgan fingerprint density at radius 2 is 1.72 bits per heavy atom. The summed E-state index contributed by atoms with van der Waals surface area (Å²) in [6.45, 7) is 0.911. The molecule has 4 heteroatoms. The van der Waals surface area contributed by atoms with Gasteiger partial charge in [-0.05, 0) is 42.4 Å². The lowest BCUT2D eigenvalue weighted by Crippen LogP contribution is -2.49. The van der Waals surface area contributed by atoms with Gasteiger partial charge in [0.2, 0.25) is 0 Å². The predicted octanol–water partition coefficient (Wildman–Crippen LogP) is 2.84. The largest absolute Gasteiger partial charge is 0.388 e. The van der Waals surface area contributed by atoms with Gasteiger partial charge < -0.3 is 15.7 Å². The fourth-order valence-corrected chi connectivity index (χ4v) is 3.38. The van der Waals surface area contributed by atoms with Crippen molar-refractivity contribution in [1.29, 1.82) is 0 Å². The van der Waals surface area contributed by atoms with Crippen LogP contribution in [0.3, 0.4) is 0 Å². The van der Waals surface area contributed by atoms with Crippen molar-refractivity contribution in [3.05, 3.63) is 71.3 Å². The molecular formula is C21H26N2O2. The number of amides is 2. The Bertz CT molecular complexity index is 702. The number of rotatable bonds is 6. The number of carbonyl (C=O) groups is 1. The van der Waals surface area contributed by atoms with E-state index in [1.54, 1.807) is 0 Å². The van der Waals surface area contributed by atoms with Crippen LogP contribution in [0.1, 0.15) is 29.5 Å². The summed E-state index contributed by atoms with van der Waals surface area (Å²) in [4.78, 5) is 12.0. The third-order valence-corrected chi connectivity index (χ3v) is 4.85. The van der Waals surface area contributed by atoms with E-state index >= 15 is 0 Å². The van der Waals surface area contributed by atoms with Crippen LogP contribution >= 0.6 is 0 Å². The number of fused-ring (bicyclic) bond motifs is 1. The van der Waals surface area contributed by atoms with E-state index in [0.29, 0.717) is 19.4 Å². The number of nitrogens with one attached hydrogen (secondary N) is 2. The Kier molecular flexibility index (Phi) is 5.71. The fraction of sp³-hybridized carbons (Fsp3) is 0.381. The average Bonchev–Trinajstić information content (AvgIpc) is 2.64. The highest BCUT2D eigenvalue weighted by molar-refractivity contribution is 5.73. The molecule has 0 aromatic heterocycles. The first-order chi connectivity index (χ1) is 12.1. The highest BCUT2D eigenvalue weighted by Gasteiger charge is 2.32. The Balaban J connectivity index is 1.37. The third-order valence-electron chi connectivity index (χ3n) is 4.85. The van der Waals surface area contributed by atoms with Gasteiger partial charge >= 0.3 is 6.03 Å². The Morgan fingerprint density at radius 1 is 1.00 bits per heavy atom. The van der Waals surface area contributed by atoms with E-state index in [4.69, 9.17) is 0 Å². The molecule has 0 aliphatic heterocycles. The molecule has 4 nitrogen and oxygen atoms in total. The van der Waals surface area contributed by atoms with Gasteiger partial charge in [0.15, 0.2) is 0 Å². The lowest BCUT2D eigenvalue weighted by Gasteiger charge is -2.33. The van der Waals surface area contributed by atoms with E-state index in [0.717, 1.165) is 19.3 Å². The maximum atomic E-state index is 12.0. The van der Waals surface area contributed by atoms with Gasteiger partial charge in [-0.15, -0.1) is 0 Å². The molecule has 0 heterocycles. The summed E-state index contributed by atoms with van der Waals surface area (Å²) in [6, 6.07) is 18.2. The molecule has 3 N–H and O–H groups in total. The van der Waals surface area contributed by atoms with Crippen LogP contribution in [0.2, 0.25) is 0 Å². The number of aryl methyl sites for hydroxylation is 2. The molecule has 25 heavy (non-hydrogen) atoms. The highest BCUT2D eigenvalue weighted by atomic mass is 16.3. The molecule has 2 aromatic carbocycles. The van der Waals surface area contributed by atoms with Gasteiger partial charge in [-0.25, -0.2) is 4.79 Å². The molecule has 0 spiro atoms. The van der Waals surface area contributed by atoms with Crippen molar-refractivity contribution >= 4 is 6.03 Å². The van der Waals surface area contributed by atoms with Crippen molar-refractivity contribution in [3.63, 3.8) is 0 Å². The summed E-state index contributed by atoms with van der Waals surface area (Å²) in [6.07, 6.45) is 3.97. The molecule has 0 radical (unpaired) electrons. The zero-order valence-electron chi connectivity index (χ0n) is 14.5. The van der Waals surface area contributed by atoms with Gasteiger partial charge in [-0.2, -0.15) is 0 Å². The van der Waals surface area contributed by atoms with Crippen LogP contribution in [0, 0.1) is 0 Å². The van der Waals surface area contributed by atoms with E-state index in [1.165, 1.54) is 16.7 Å². The first kappa shape index (κ1) is 17.5. The summed E-state index contributed by atoms with van der Waals surface area (Å²) in [7, 11) is 0. The van der Waals surface area contributed by atoms with Crippen molar-refractivity contribution < 1.29 is 9.90 Å². The Hall–Kier alpha value is -2.33. The molecular weight excluding hydrogens is 312 g/mol. The second-order valence-corrected chi connectivity index (χ2v) is 6.87. The third kappa shape index (κ3) is 5.07. The van der Waals surface area contributed by atoms with Crippen LogP contribution in [0.15, 0.2) is 54.6 Å². The van der Waals surface area contributed by atoms with E-state index in [2.05, 4.69) is 34.9 Å². The van der Waals surface area contributed by atoms with Crippen LogP contribution in [0.25, 0.3) is 0 Å². The Labute approximate surface area is 149 Å². The van der Waals surface area contributed by atoms with Gasteiger partial charge in [0.05, 0.1) is 5.60 Å². The van der Waals surface area contributed by atoms with Crippen LogP contribution in [0.5, 0.6) is 0 Å². The molecule has 1 atom stereocenters. The van der Waals surface area contributed by atoms with Crippen molar-refractivity contribution in [2.45, 2.75) is 37.7 Å². The topological polar surface area (TPSA) is 61.4 Å². The average molecular weight is 338 g/mol. The molecule has 2 amide bonds. The van der Waals surface area contributed by atoms with E-state index < -0.39 is 5.60 Å². The zero-order valence-corrected chi connectivity index (χ0v) is 14.5. The van der Waals surface area contributed by atoms with Crippen molar-refractivity contribution in [3.8, 4) is 0 Å².